The van der Waals surface area contributed by atoms with Gasteiger partial charge in [0.25, 0.3) is 11.8 Å². The highest BCUT2D eigenvalue weighted by Crippen LogP contribution is 2.27. The molecule has 27 heavy (non-hydrogen) atoms. The van der Waals surface area contributed by atoms with Crippen LogP contribution in [0.3, 0.4) is 0 Å². The minimum Gasteiger partial charge on any atom is -0.478 e. The molecule has 136 valence electrons. The Morgan fingerprint density at radius 2 is 2.00 bits per heavy atom. The van der Waals surface area contributed by atoms with Gasteiger partial charge in [-0.15, -0.1) is 6.58 Å². The smallest absolute Gasteiger partial charge is 0.336 e. The van der Waals surface area contributed by atoms with E-state index in [1.165, 1.54) is 23.1 Å². The average molecular weight is 382 g/mol. The van der Waals surface area contributed by atoms with Gasteiger partial charge in [0, 0.05) is 12.1 Å². The summed E-state index contributed by atoms with van der Waals surface area (Å²) in [6.07, 6.45) is 2.79. The Morgan fingerprint density at radius 3 is 2.70 bits per heavy atom. The maximum atomic E-state index is 12.5. The van der Waals surface area contributed by atoms with Gasteiger partial charge in [0.2, 0.25) is 0 Å². The van der Waals surface area contributed by atoms with Gasteiger partial charge in [-0.3, -0.25) is 19.8 Å². The van der Waals surface area contributed by atoms with Crippen molar-refractivity contribution in [3.63, 3.8) is 0 Å². The molecule has 0 radical (unpaired) electrons. The molecule has 0 aliphatic carbocycles. The van der Waals surface area contributed by atoms with Gasteiger partial charge >= 0.3 is 5.97 Å². The first kappa shape index (κ1) is 18.3. The van der Waals surface area contributed by atoms with Gasteiger partial charge in [-0.25, -0.2) is 4.79 Å². The van der Waals surface area contributed by atoms with Crippen molar-refractivity contribution in [2.45, 2.75) is 0 Å². The zero-order valence-corrected chi connectivity index (χ0v) is 14.8. The predicted octanol–water partition coefficient (Wildman–Crippen LogP) is 2.46. The largest absolute Gasteiger partial charge is 0.478 e. The SMILES string of the molecule is C=CCN1C(=O)/C(=C/c2ccc(-c3ccccc3C(=O)O)o2)C(=O)NC1=S. The number of carbonyl (C=O) groups is 3. The van der Waals surface area contributed by atoms with E-state index in [1.54, 1.807) is 30.3 Å². The zero-order valence-electron chi connectivity index (χ0n) is 14.0. The van der Waals surface area contributed by atoms with Crippen molar-refractivity contribution in [3.05, 3.63) is 65.9 Å². The third kappa shape index (κ3) is 3.56. The molecule has 1 aromatic heterocycles. The van der Waals surface area contributed by atoms with E-state index in [4.69, 9.17) is 16.6 Å². The van der Waals surface area contributed by atoms with Crippen LogP contribution in [-0.2, 0) is 9.59 Å². The second-order valence-electron chi connectivity index (χ2n) is 5.57. The molecule has 2 amide bonds. The maximum Gasteiger partial charge on any atom is 0.336 e. The summed E-state index contributed by atoms with van der Waals surface area (Å²) in [5.74, 6) is -1.74. The summed E-state index contributed by atoms with van der Waals surface area (Å²) in [7, 11) is 0. The van der Waals surface area contributed by atoms with Crippen molar-refractivity contribution in [2.75, 3.05) is 6.54 Å². The first-order valence-corrected chi connectivity index (χ1v) is 8.25. The standard InChI is InChI=1S/C19H14N2O5S/c1-2-9-21-17(23)14(16(22)20-19(21)27)10-11-7-8-15(26-11)12-5-3-4-6-13(12)18(24)25/h2-8,10H,1,9H2,(H,24,25)(H,20,22,27)/b14-10+. The van der Waals surface area contributed by atoms with Gasteiger partial charge in [0.15, 0.2) is 5.11 Å². The molecule has 0 saturated carbocycles. The van der Waals surface area contributed by atoms with E-state index in [0.29, 0.717) is 11.3 Å². The number of furan rings is 1. The minimum atomic E-state index is -1.09. The second kappa shape index (κ2) is 7.38. The van der Waals surface area contributed by atoms with Crippen LogP contribution in [0, 0.1) is 0 Å². The van der Waals surface area contributed by atoms with E-state index in [-0.39, 0.29) is 28.6 Å². The number of carboxylic acid groups (broad SMARTS) is 1. The number of hydrogen-bond donors (Lipinski definition) is 2. The number of amides is 2. The fourth-order valence-corrected chi connectivity index (χ4v) is 2.84. The molecule has 0 atom stereocenters. The van der Waals surface area contributed by atoms with E-state index in [1.807, 2.05) is 0 Å². The predicted molar refractivity (Wildman–Crippen MR) is 102 cm³/mol. The molecule has 1 fully saturated rings. The van der Waals surface area contributed by atoms with Gasteiger partial charge in [0.1, 0.15) is 17.1 Å². The Balaban J connectivity index is 1.96. The van der Waals surface area contributed by atoms with Crippen molar-refractivity contribution in [2.24, 2.45) is 0 Å². The van der Waals surface area contributed by atoms with Crippen LogP contribution in [0.15, 0.2) is 59.0 Å². The molecule has 8 heteroatoms. The van der Waals surface area contributed by atoms with Crippen molar-refractivity contribution in [1.82, 2.24) is 10.2 Å². The highest BCUT2D eigenvalue weighted by atomic mass is 32.1. The lowest BCUT2D eigenvalue weighted by Crippen LogP contribution is -2.53. The van der Waals surface area contributed by atoms with Crippen molar-refractivity contribution in [3.8, 4) is 11.3 Å². The number of carboxylic acids is 1. The molecule has 1 aliphatic rings. The normalized spacial score (nSPS) is 15.8. The molecule has 0 unspecified atom stereocenters. The van der Waals surface area contributed by atoms with E-state index in [0.717, 1.165) is 0 Å². The molecule has 0 spiro atoms. The number of thiocarbonyl (C=S) groups is 1. The molecule has 0 bridgehead atoms. The molecule has 2 aromatic rings. The lowest BCUT2D eigenvalue weighted by Gasteiger charge is -2.27. The number of nitrogens with one attached hydrogen (secondary N) is 1. The first-order chi connectivity index (χ1) is 12.9. The van der Waals surface area contributed by atoms with E-state index >= 15 is 0 Å². The highest BCUT2D eigenvalue weighted by Gasteiger charge is 2.32. The second-order valence-corrected chi connectivity index (χ2v) is 5.96. The van der Waals surface area contributed by atoms with Crippen LogP contribution in [0.5, 0.6) is 0 Å². The van der Waals surface area contributed by atoms with Gasteiger partial charge in [0.05, 0.1) is 5.56 Å². The average Bonchev–Trinajstić information content (AvgIpc) is 3.10. The number of aromatic carboxylic acids is 1. The van der Waals surface area contributed by atoms with Crippen LogP contribution in [0.25, 0.3) is 17.4 Å². The Labute approximate surface area is 159 Å². The minimum absolute atomic E-state index is 0.0116. The number of benzene rings is 1. The van der Waals surface area contributed by atoms with Crippen molar-refractivity contribution >= 4 is 41.2 Å². The molecule has 1 aromatic carbocycles. The zero-order chi connectivity index (χ0) is 19.6. The molecule has 7 nitrogen and oxygen atoms in total. The number of nitrogens with zero attached hydrogens (tertiary/aromatic N) is 1. The Morgan fingerprint density at radius 1 is 1.26 bits per heavy atom. The molecule has 2 N–H and O–H groups in total. The third-order valence-electron chi connectivity index (χ3n) is 3.83. The Bertz CT molecular complexity index is 1010. The van der Waals surface area contributed by atoms with E-state index in [9.17, 15) is 19.5 Å². The van der Waals surface area contributed by atoms with Crippen LogP contribution in [0.2, 0.25) is 0 Å². The quantitative estimate of drug-likeness (QED) is 0.357. The lowest BCUT2D eigenvalue weighted by molar-refractivity contribution is -0.128. The summed E-state index contributed by atoms with van der Waals surface area (Å²) in [4.78, 5) is 37.2. The van der Waals surface area contributed by atoms with Gasteiger partial charge in [-0.05, 0) is 36.5 Å². The summed E-state index contributed by atoms with van der Waals surface area (Å²) in [6, 6.07) is 9.50. The van der Waals surface area contributed by atoms with Crippen molar-refractivity contribution in [1.29, 1.82) is 0 Å². The third-order valence-corrected chi connectivity index (χ3v) is 4.16. The van der Waals surface area contributed by atoms with Crippen LogP contribution in [0.4, 0.5) is 0 Å². The van der Waals surface area contributed by atoms with Gasteiger partial charge in [-0.2, -0.15) is 0 Å². The van der Waals surface area contributed by atoms with E-state index < -0.39 is 17.8 Å². The fraction of sp³-hybridized carbons (Fsp3) is 0.0526. The summed E-state index contributed by atoms with van der Waals surface area (Å²) >= 11 is 4.99. The van der Waals surface area contributed by atoms with Gasteiger partial charge in [-0.1, -0.05) is 24.3 Å². The maximum absolute atomic E-state index is 12.5. The summed E-state index contributed by atoms with van der Waals surface area (Å²) in [5.41, 5.74) is 0.335. The monoisotopic (exact) mass is 382 g/mol. The fourth-order valence-electron chi connectivity index (χ4n) is 2.59. The van der Waals surface area contributed by atoms with Crippen LogP contribution in [0.1, 0.15) is 16.1 Å². The van der Waals surface area contributed by atoms with Gasteiger partial charge < -0.3 is 9.52 Å². The number of carbonyl (C=O) groups excluding carboxylic acids is 2. The van der Waals surface area contributed by atoms with Crippen LogP contribution in [-0.4, -0.2) is 39.4 Å². The molecule has 3 rings (SSSR count). The first-order valence-electron chi connectivity index (χ1n) is 7.84. The summed E-state index contributed by atoms with van der Waals surface area (Å²) < 4.78 is 5.64. The molecular formula is C19H14N2O5S. The summed E-state index contributed by atoms with van der Waals surface area (Å²) in [5, 5.41) is 11.7. The van der Waals surface area contributed by atoms with E-state index in [2.05, 4.69) is 11.9 Å². The Hall–Kier alpha value is -3.52. The van der Waals surface area contributed by atoms with Crippen molar-refractivity contribution < 1.29 is 23.9 Å². The topological polar surface area (TPSA) is 99.8 Å². The highest BCUT2D eigenvalue weighted by molar-refractivity contribution is 7.80. The number of rotatable bonds is 5. The Kier molecular flexibility index (Phi) is 5.00. The van der Waals surface area contributed by atoms with Crippen LogP contribution >= 0.6 is 12.2 Å². The lowest BCUT2D eigenvalue weighted by atomic mass is 10.1. The van der Waals surface area contributed by atoms with Crippen LogP contribution < -0.4 is 5.32 Å². The molecule has 2 heterocycles. The summed E-state index contributed by atoms with van der Waals surface area (Å²) in [6.45, 7) is 3.72. The molecule has 1 aliphatic heterocycles. The molecule has 1 saturated heterocycles. The molecular weight excluding hydrogens is 368 g/mol. The number of hydrogen-bond acceptors (Lipinski definition) is 5.